The Morgan fingerprint density at radius 1 is 1.32 bits per heavy atom. The molecule has 5 rings (SSSR count). The van der Waals surface area contributed by atoms with E-state index in [1.54, 1.807) is 7.05 Å². The van der Waals surface area contributed by atoms with Crippen LogP contribution in [-0.4, -0.2) is 36.1 Å². The third kappa shape index (κ3) is 3.48. The third-order valence-corrected chi connectivity index (χ3v) is 5.54. The summed E-state index contributed by atoms with van der Waals surface area (Å²) in [5.74, 6) is 0.802. The van der Waals surface area contributed by atoms with Gasteiger partial charge in [0, 0.05) is 18.0 Å². The third-order valence-electron chi connectivity index (χ3n) is 5.29. The molecule has 0 saturated carbocycles. The zero-order valence-electron chi connectivity index (χ0n) is 16.4. The van der Waals surface area contributed by atoms with Crippen molar-refractivity contribution in [3.63, 3.8) is 0 Å². The van der Waals surface area contributed by atoms with Crippen molar-refractivity contribution in [3.05, 3.63) is 68.9 Å². The second-order valence-electron chi connectivity index (χ2n) is 7.33. The second-order valence-corrected chi connectivity index (χ2v) is 7.76. The molecule has 0 radical (unpaired) electrons. The summed E-state index contributed by atoms with van der Waals surface area (Å²) < 4.78 is 14.0. The highest BCUT2D eigenvalue weighted by molar-refractivity contribution is 6.30. The van der Waals surface area contributed by atoms with Crippen molar-refractivity contribution in [1.82, 2.24) is 29.5 Å². The second kappa shape index (κ2) is 7.61. The number of rotatable bonds is 4. The lowest BCUT2D eigenvalue weighted by Gasteiger charge is -2.09. The highest BCUT2D eigenvalue weighted by atomic mass is 35.5. The van der Waals surface area contributed by atoms with E-state index in [0.29, 0.717) is 23.9 Å². The van der Waals surface area contributed by atoms with E-state index < -0.39 is 0 Å². The van der Waals surface area contributed by atoms with E-state index in [2.05, 4.69) is 20.2 Å². The molecule has 3 aromatic heterocycles. The molecule has 0 amide bonds. The van der Waals surface area contributed by atoms with Crippen molar-refractivity contribution in [1.29, 1.82) is 5.26 Å². The zero-order chi connectivity index (χ0) is 21.5. The molecule has 4 aromatic rings. The van der Waals surface area contributed by atoms with Crippen LogP contribution in [0.2, 0.25) is 5.02 Å². The van der Waals surface area contributed by atoms with Crippen LogP contribution in [0.15, 0.2) is 39.9 Å². The van der Waals surface area contributed by atoms with Gasteiger partial charge in [-0.25, -0.2) is 9.67 Å². The van der Waals surface area contributed by atoms with E-state index in [1.807, 2.05) is 30.3 Å². The molecule has 1 saturated heterocycles. The SMILES string of the molecule is Cn1cnc2c(C#N)nn(Cc3nc([C@@H]4CO[C@@H](c5ccc(Cl)cc5)C4)no3)c2c1=O. The molecule has 10 nitrogen and oxygen atoms in total. The Morgan fingerprint density at radius 2 is 2.13 bits per heavy atom. The first-order valence-corrected chi connectivity index (χ1v) is 9.93. The molecule has 1 aromatic carbocycles. The number of hydrogen-bond donors (Lipinski definition) is 0. The summed E-state index contributed by atoms with van der Waals surface area (Å²) in [6, 6.07) is 9.53. The minimum Gasteiger partial charge on any atom is -0.373 e. The van der Waals surface area contributed by atoms with Gasteiger partial charge in [0.2, 0.25) is 5.89 Å². The molecule has 31 heavy (non-hydrogen) atoms. The fourth-order valence-electron chi connectivity index (χ4n) is 3.68. The topological polar surface area (TPSA) is 125 Å². The lowest BCUT2D eigenvalue weighted by atomic mass is 10.0. The molecule has 156 valence electrons. The monoisotopic (exact) mass is 437 g/mol. The van der Waals surface area contributed by atoms with Crippen LogP contribution in [0.25, 0.3) is 11.0 Å². The Morgan fingerprint density at radius 3 is 2.90 bits per heavy atom. The van der Waals surface area contributed by atoms with Gasteiger partial charge >= 0.3 is 0 Å². The van der Waals surface area contributed by atoms with Crippen LogP contribution in [0.5, 0.6) is 0 Å². The van der Waals surface area contributed by atoms with Crippen molar-refractivity contribution in [2.75, 3.05) is 6.61 Å². The number of benzene rings is 1. The van der Waals surface area contributed by atoms with E-state index in [1.165, 1.54) is 15.6 Å². The van der Waals surface area contributed by atoms with Crippen LogP contribution in [0.1, 0.15) is 41.4 Å². The van der Waals surface area contributed by atoms with Crippen LogP contribution in [-0.2, 0) is 18.3 Å². The standard InChI is InChI=1S/C20H16ClN7O3/c1-27-10-23-17-14(7-22)25-28(18(17)20(27)29)8-16-24-19(26-31-16)12-6-15(30-9-12)11-2-4-13(21)5-3-11/h2-5,10,12,15H,6,8-9H2,1H3/t12-,15+/m0/s1. The molecule has 0 spiro atoms. The van der Waals surface area contributed by atoms with Crippen molar-refractivity contribution in [2.45, 2.75) is 25.0 Å². The molecule has 0 bridgehead atoms. The average molecular weight is 438 g/mol. The van der Waals surface area contributed by atoms with Crippen molar-refractivity contribution < 1.29 is 9.26 Å². The molecule has 0 unspecified atom stereocenters. The molecule has 1 aliphatic heterocycles. The fraction of sp³-hybridized carbons (Fsp3) is 0.300. The number of aryl methyl sites for hydroxylation is 1. The van der Waals surface area contributed by atoms with Gasteiger partial charge < -0.3 is 13.8 Å². The molecule has 0 N–H and O–H groups in total. The lowest BCUT2D eigenvalue weighted by Crippen LogP contribution is -2.20. The molecule has 1 fully saturated rings. The van der Waals surface area contributed by atoms with Gasteiger partial charge in [-0.1, -0.05) is 28.9 Å². The number of ether oxygens (including phenoxy) is 1. The van der Waals surface area contributed by atoms with Gasteiger partial charge in [-0.3, -0.25) is 4.79 Å². The van der Waals surface area contributed by atoms with Gasteiger partial charge in [0.25, 0.3) is 5.56 Å². The number of nitrogens with zero attached hydrogens (tertiary/aromatic N) is 7. The highest BCUT2D eigenvalue weighted by Crippen LogP contribution is 2.37. The maximum absolute atomic E-state index is 12.5. The fourth-order valence-corrected chi connectivity index (χ4v) is 3.81. The van der Waals surface area contributed by atoms with E-state index in [4.69, 9.17) is 20.9 Å². The van der Waals surface area contributed by atoms with Gasteiger partial charge in [-0.05, 0) is 24.1 Å². The number of aromatic nitrogens is 6. The number of fused-ring (bicyclic) bond motifs is 1. The Kier molecular flexibility index (Phi) is 4.77. The Bertz CT molecular complexity index is 1370. The molecule has 1 aliphatic rings. The van der Waals surface area contributed by atoms with Crippen LogP contribution in [0.3, 0.4) is 0 Å². The Hall–Kier alpha value is -3.55. The van der Waals surface area contributed by atoms with Crippen LogP contribution in [0, 0.1) is 11.3 Å². The Balaban J connectivity index is 1.38. The summed E-state index contributed by atoms with van der Waals surface area (Å²) in [4.78, 5) is 21.2. The first-order chi connectivity index (χ1) is 15.0. The van der Waals surface area contributed by atoms with E-state index in [9.17, 15) is 10.1 Å². The first-order valence-electron chi connectivity index (χ1n) is 9.55. The molecule has 0 aliphatic carbocycles. The van der Waals surface area contributed by atoms with Gasteiger partial charge in [0.05, 0.1) is 19.0 Å². The van der Waals surface area contributed by atoms with Gasteiger partial charge in [0.1, 0.15) is 18.1 Å². The predicted molar refractivity (Wildman–Crippen MR) is 108 cm³/mol. The van der Waals surface area contributed by atoms with Gasteiger partial charge in [0.15, 0.2) is 17.0 Å². The molecule has 4 heterocycles. The highest BCUT2D eigenvalue weighted by Gasteiger charge is 2.31. The van der Waals surface area contributed by atoms with E-state index in [0.717, 1.165) is 5.56 Å². The maximum Gasteiger partial charge on any atom is 0.279 e. The minimum absolute atomic E-state index is 0.0169. The van der Waals surface area contributed by atoms with Crippen LogP contribution < -0.4 is 5.56 Å². The predicted octanol–water partition coefficient (Wildman–Crippen LogP) is 2.33. The largest absolute Gasteiger partial charge is 0.373 e. The molecule has 11 heteroatoms. The summed E-state index contributed by atoms with van der Waals surface area (Å²) in [6.45, 7) is 0.528. The normalized spacial score (nSPS) is 18.5. The molecular weight excluding hydrogens is 422 g/mol. The summed E-state index contributed by atoms with van der Waals surface area (Å²) in [6.07, 6.45) is 2.01. The first kappa shape index (κ1) is 19.4. The smallest absolute Gasteiger partial charge is 0.279 e. The number of hydrogen-bond acceptors (Lipinski definition) is 8. The summed E-state index contributed by atoms with van der Waals surface area (Å²) >= 11 is 5.95. The van der Waals surface area contributed by atoms with Crippen LogP contribution in [0.4, 0.5) is 0 Å². The van der Waals surface area contributed by atoms with E-state index >= 15 is 0 Å². The molecular formula is C20H16ClN7O3. The minimum atomic E-state index is -0.311. The quantitative estimate of drug-likeness (QED) is 0.476. The summed E-state index contributed by atoms with van der Waals surface area (Å²) in [5.41, 5.74) is 1.27. The summed E-state index contributed by atoms with van der Waals surface area (Å²) in [5, 5.41) is 18.3. The van der Waals surface area contributed by atoms with Crippen molar-refractivity contribution >= 4 is 22.6 Å². The number of halogens is 1. The zero-order valence-corrected chi connectivity index (χ0v) is 17.2. The average Bonchev–Trinajstić information content (AvgIpc) is 3.50. The van der Waals surface area contributed by atoms with Gasteiger partial charge in [-0.2, -0.15) is 15.3 Å². The maximum atomic E-state index is 12.5. The Labute approximate surface area is 180 Å². The molecule has 2 atom stereocenters. The van der Waals surface area contributed by atoms with Crippen LogP contribution >= 0.6 is 11.6 Å². The number of nitriles is 1. The van der Waals surface area contributed by atoms with Gasteiger partial charge in [-0.15, -0.1) is 0 Å². The summed E-state index contributed by atoms with van der Waals surface area (Å²) in [7, 11) is 1.58. The van der Waals surface area contributed by atoms with Crippen molar-refractivity contribution in [3.8, 4) is 6.07 Å². The lowest BCUT2D eigenvalue weighted by molar-refractivity contribution is 0.110. The van der Waals surface area contributed by atoms with E-state index in [-0.39, 0.29) is 46.7 Å². The van der Waals surface area contributed by atoms with Crippen molar-refractivity contribution in [2.24, 2.45) is 7.05 Å².